The Labute approximate surface area is 153 Å². The molecule has 23 heavy (non-hydrogen) atoms. The van der Waals surface area contributed by atoms with Gasteiger partial charge in [0.25, 0.3) is 5.91 Å². The number of carbonyl (C=O) groups excluding carboxylic acids is 1. The van der Waals surface area contributed by atoms with Gasteiger partial charge >= 0.3 is 0 Å². The number of carbonyl (C=O) groups is 1. The van der Waals surface area contributed by atoms with E-state index in [9.17, 15) is 4.79 Å². The molecule has 1 aromatic carbocycles. The Bertz CT molecular complexity index is 530. The first-order valence-corrected chi connectivity index (χ1v) is 9.61. The number of rotatable bonds is 6. The molecule has 5 heteroatoms. The van der Waals surface area contributed by atoms with E-state index in [4.69, 9.17) is 11.6 Å². The van der Waals surface area contributed by atoms with Gasteiger partial charge in [-0.15, -0.1) is 0 Å². The summed E-state index contributed by atoms with van der Waals surface area (Å²) in [4.78, 5) is 17.0. The van der Waals surface area contributed by atoms with Crippen LogP contribution >= 0.6 is 27.5 Å². The predicted octanol–water partition coefficient (Wildman–Crippen LogP) is 4.69. The van der Waals surface area contributed by atoms with E-state index in [1.807, 2.05) is 17.0 Å². The van der Waals surface area contributed by atoms with E-state index in [-0.39, 0.29) is 5.91 Å². The number of nitrogens with zero attached hydrogens (tertiary/aromatic N) is 2. The van der Waals surface area contributed by atoms with Gasteiger partial charge in [-0.05, 0) is 57.0 Å². The lowest BCUT2D eigenvalue weighted by atomic mass is 9.95. The Morgan fingerprint density at radius 3 is 2.74 bits per heavy atom. The molecule has 0 unspecified atom stereocenters. The van der Waals surface area contributed by atoms with Crippen molar-refractivity contribution in [1.82, 2.24) is 9.80 Å². The minimum absolute atomic E-state index is 0.0501. The van der Waals surface area contributed by atoms with Crippen molar-refractivity contribution >= 4 is 33.4 Å². The van der Waals surface area contributed by atoms with Crippen LogP contribution in [0.3, 0.4) is 0 Å². The van der Waals surface area contributed by atoms with Gasteiger partial charge in [0.15, 0.2) is 0 Å². The van der Waals surface area contributed by atoms with Crippen LogP contribution < -0.4 is 0 Å². The zero-order valence-electron chi connectivity index (χ0n) is 14.0. The van der Waals surface area contributed by atoms with Gasteiger partial charge in [-0.3, -0.25) is 4.79 Å². The molecule has 1 aromatic rings. The average molecular weight is 402 g/mol. The van der Waals surface area contributed by atoms with Crippen LogP contribution in [0.1, 0.15) is 43.0 Å². The lowest BCUT2D eigenvalue weighted by Crippen LogP contribution is -2.41. The van der Waals surface area contributed by atoms with Gasteiger partial charge in [0.1, 0.15) is 0 Å². The first-order valence-electron chi connectivity index (χ1n) is 8.44. The third-order valence-electron chi connectivity index (χ3n) is 4.52. The van der Waals surface area contributed by atoms with Gasteiger partial charge in [-0.1, -0.05) is 40.9 Å². The van der Waals surface area contributed by atoms with Crippen molar-refractivity contribution in [2.75, 3.05) is 33.2 Å². The largest absolute Gasteiger partial charge is 0.339 e. The van der Waals surface area contributed by atoms with Crippen molar-refractivity contribution in [2.45, 2.75) is 32.6 Å². The molecule has 1 fully saturated rings. The van der Waals surface area contributed by atoms with Crippen molar-refractivity contribution in [2.24, 2.45) is 5.92 Å². The van der Waals surface area contributed by atoms with E-state index in [0.29, 0.717) is 16.5 Å². The van der Waals surface area contributed by atoms with Crippen LogP contribution in [0.4, 0.5) is 0 Å². The van der Waals surface area contributed by atoms with Crippen LogP contribution in [-0.2, 0) is 0 Å². The summed E-state index contributed by atoms with van der Waals surface area (Å²) in [7, 11) is 2.20. The number of hydrogen-bond acceptors (Lipinski definition) is 2. The lowest BCUT2D eigenvalue weighted by Gasteiger charge is -2.34. The SMILES string of the molecule is CCCCN(C)CC1CCN(C(=O)c2cc(Br)ccc2Cl)CC1. The second-order valence-corrected chi connectivity index (χ2v) is 7.80. The van der Waals surface area contributed by atoms with E-state index in [1.54, 1.807) is 6.07 Å². The Balaban J connectivity index is 1.86. The van der Waals surface area contributed by atoms with Gasteiger partial charge in [0.05, 0.1) is 10.6 Å². The molecule has 1 aliphatic heterocycles. The topological polar surface area (TPSA) is 23.6 Å². The van der Waals surface area contributed by atoms with Crippen LogP contribution in [0, 0.1) is 5.92 Å². The molecule has 128 valence electrons. The van der Waals surface area contributed by atoms with Crippen molar-refractivity contribution in [1.29, 1.82) is 0 Å². The molecule has 1 aliphatic rings. The van der Waals surface area contributed by atoms with Crippen LogP contribution in [0.25, 0.3) is 0 Å². The molecule has 1 amide bonds. The quantitative estimate of drug-likeness (QED) is 0.690. The molecule has 1 heterocycles. The summed E-state index contributed by atoms with van der Waals surface area (Å²) < 4.78 is 0.887. The number of benzene rings is 1. The summed E-state index contributed by atoms with van der Waals surface area (Å²) in [6, 6.07) is 5.45. The Morgan fingerprint density at radius 1 is 1.39 bits per heavy atom. The average Bonchev–Trinajstić information content (AvgIpc) is 2.55. The Hall–Kier alpha value is -0.580. The number of halogens is 2. The van der Waals surface area contributed by atoms with Crippen LogP contribution in [-0.4, -0.2) is 48.9 Å². The highest BCUT2D eigenvalue weighted by molar-refractivity contribution is 9.10. The van der Waals surface area contributed by atoms with Gasteiger partial charge < -0.3 is 9.80 Å². The molecule has 2 rings (SSSR count). The fourth-order valence-electron chi connectivity index (χ4n) is 3.11. The Morgan fingerprint density at radius 2 is 2.09 bits per heavy atom. The van der Waals surface area contributed by atoms with E-state index >= 15 is 0 Å². The predicted molar refractivity (Wildman–Crippen MR) is 100 cm³/mol. The molecule has 0 aliphatic carbocycles. The summed E-state index contributed by atoms with van der Waals surface area (Å²) in [6.07, 6.45) is 4.65. The van der Waals surface area contributed by atoms with Crippen molar-refractivity contribution in [3.8, 4) is 0 Å². The third-order valence-corrected chi connectivity index (χ3v) is 5.35. The number of unbranched alkanes of at least 4 members (excludes halogenated alkanes) is 1. The molecule has 3 nitrogen and oxygen atoms in total. The second kappa shape index (κ2) is 9.05. The number of amides is 1. The summed E-state index contributed by atoms with van der Waals surface area (Å²) in [5, 5.41) is 0.527. The summed E-state index contributed by atoms with van der Waals surface area (Å²) in [5.74, 6) is 0.743. The standard InChI is InChI=1S/C18H26BrClN2O/c1-3-4-9-21(2)13-14-7-10-22(11-8-14)18(23)16-12-15(19)5-6-17(16)20/h5-6,12,14H,3-4,7-11,13H2,1-2H3. The molecule has 0 spiro atoms. The second-order valence-electron chi connectivity index (χ2n) is 6.48. The smallest absolute Gasteiger partial charge is 0.255 e. The molecule has 0 atom stereocenters. The van der Waals surface area contributed by atoms with Gasteiger partial charge in [0.2, 0.25) is 0 Å². The molecule has 0 radical (unpaired) electrons. The molecule has 0 bridgehead atoms. The van der Waals surface area contributed by atoms with Crippen molar-refractivity contribution in [3.05, 3.63) is 33.3 Å². The zero-order chi connectivity index (χ0) is 16.8. The maximum atomic E-state index is 12.7. The maximum absolute atomic E-state index is 12.7. The molecule has 0 aromatic heterocycles. The van der Waals surface area contributed by atoms with E-state index in [2.05, 4.69) is 34.8 Å². The Kier molecular flexibility index (Phi) is 7.38. The van der Waals surface area contributed by atoms with Crippen LogP contribution in [0.15, 0.2) is 22.7 Å². The third kappa shape index (κ3) is 5.47. The van der Waals surface area contributed by atoms with E-state index in [0.717, 1.165) is 36.9 Å². The summed E-state index contributed by atoms with van der Waals surface area (Å²) in [5.41, 5.74) is 0.597. The van der Waals surface area contributed by atoms with Gasteiger partial charge in [0, 0.05) is 24.1 Å². The molecule has 0 saturated carbocycles. The molecule has 0 N–H and O–H groups in total. The zero-order valence-corrected chi connectivity index (χ0v) is 16.4. The van der Waals surface area contributed by atoms with Crippen LogP contribution in [0.2, 0.25) is 5.02 Å². The highest BCUT2D eigenvalue weighted by Crippen LogP contribution is 2.25. The number of hydrogen-bond donors (Lipinski definition) is 0. The fraction of sp³-hybridized carbons (Fsp3) is 0.611. The van der Waals surface area contributed by atoms with E-state index < -0.39 is 0 Å². The number of piperidine rings is 1. The summed E-state index contributed by atoms with van der Waals surface area (Å²) in [6.45, 7) is 6.19. The maximum Gasteiger partial charge on any atom is 0.255 e. The highest BCUT2D eigenvalue weighted by Gasteiger charge is 2.25. The molecule has 1 saturated heterocycles. The monoisotopic (exact) mass is 400 g/mol. The van der Waals surface area contributed by atoms with Crippen molar-refractivity contribution < 1.29 is 4.79 Å². The van der Waals surface area contributed by atoms with Gasteiger partial charge in [-0.25, -0.2) is 0 Å². The minimum Gasteiger partial charge on any atom is -0.339 e. The lowest BCUT2D eigenvalue weighted by molar-refractivity contribution is 0.0673. The molecular weight excluding hydrogens is 376 g/mol. The van der Waals surface area contributed by atoms with Crippen molar-refractivity contribution in [3.63, 3.8) is 0 Å². The fourth-order valence-corrected chi connectivity index (χ4v) is 3.67. The summed E-state index contributed by atoms with van der Waals surface area (Å²) >= 11 is 9.59. The van der Waals surface area contributed by atoms with Gasteiger partial charge in [-0.2, -0.15) is 0 Å². The van der Waals surface area contributed by atoms with E-state index in [1.165, 1.54) is 19.4 Å². The highest BCUT2D eigenvalue weighted by atomic mass is 79.9. The number of likely N-dealkylation sites (tertiary alicyclic amines) is 1. The molecular formula is C18H26BrClN2O. The normalized spacial score (nSPS) is 16.1. The first kappa shape index (κ1) is 18.8. The van der Waals surface area contributed by atoms with Crippen LogP contribution in [0.5, 0.6) is 0 Å². The minimum atomic E-state index is 0.0501. The first-order chi connectivity index (χ1) is 11.0.